The number of ether oxygens (including phenoxy) is 1. The molecule has 3 heteroatoms. The van der Waals surface area contributed by atoms with Crippen LogP contribution in [-0.4, -0.2) is 18.2 Å². The third-order valence-corrected chi connectivity index (χ3v) is 5.98. The minimum absolute atomic E-state index is 0.208. The summed E-state index contributed by atoms with van der Waals surface area (Å²) in [6.07, 6.45) is 6.46. The maximum absolute atomic E-state index is 12.7. The lowest BCUT2D eigenvalue weighted by molar-refractivity contribution is -0.142. The van der Waals surface area contributed by atoms with Gasteiger partial charge in [0, 0.05) is 5.56 Å². The van der Waals surface area contributed by atoms with Crippen molar-refractivity contribution < 1.29 is 14.6 Å². The number of carbonyl (C=O) groups excluding carboxylic acids is 1. The van der Waals surface area contributed by atoms with E-state index in [1.165, 1.54) is 31.1 Å². The number of esters is 1. The van der Waals surface area contributed by atoms with E-state index in [2.05, 4.69) is 32.0 Å². The number of aryl methyl sites for hydroxylation is 3. The summed E-state index contributed by atoms with van der Waals surface area (Å²) in [6, 6.07) is 10.0. The number of benzene rings is 2. The van der Waals surface area contributed by atoms with Crippen molar-refractivity contribution in [1.29, 1.82) is 0 Å². The third-order valence-electron chi connectivity index (χ3n) is 5.98. The molecule has 0 radical (unpaired) electrons. The molecule has 0 aromatic heterocycles. The van der Waals surface area contributed by atoms with Crippen molar-refractivity contribution in [1.82, 2.24) is 0 Å². The Labute approximate surface area is 168 Å². The smallest absolute Gasteiger partial charge is 0.313 e. The molecule has 1 unspecified atom stereocenters. The van der Waals surface area contributed by atoms with Gasteiger partial charge in [-0.25, -0.2) is 0 Å². The third kappa shape index (κ3) is 4.40. The average molecular weight is 381 g/mol. The van der Waals surface area contributed by atoms with Gasteiger partial charge in [-0.1, -0.05) is 50.5 Å². The Bertz CT molecular complexity index is 849. The quantitative estimate of drug-likeness (QED) is 0.565. The summed E-state index contributed by atoms with van der Waals surface area (Å²) in [4.78, 5) is 12.7. The number of unbranched alkanes of at least 4 members (excludes halogenated alkanes) is 1. The lowest BCUT2D eigenvalue weighted by atomic mass is 9.83. The number of hydrogen-bond donors (Lipinski definition) is 1. The van der Waals surface area contributed by atoms with E-state index in [0.717, 1.165) is 47.9 Å². The highest BCUT2D eigenvalue weighted by Gasteiger charge is 2.34. The topological polar surface area (TPSA) is 46.5 Å². The molecule has 1 fully saturated rings. The zero-order chi connectivity index (χ0) is 20.3. The summed E-state index contributed by atoms with van der Waals surface area (Å²) in [6.45, 7) is 6.35. The molecular weight excluding hydrogens is 348 g/mol. The largest absolute Gasteiger partial charge is 0.507 e. The second-order valence-corrected chi connectivity index (χ2v) is 8.19. The van der Waals surface area contributed by atoms with Gasteiger partial charge >= 0.3 is 5.97 Å². The van der Waals surface area contributed by atoms with Gasteiger partial charge in [-0.2, -0.15) is 0 Å². The molecule has 1 N–H and O–H groups in total. The van der Waals surface area contributed by atoms with Gasteiger partial charge < -0.3 is 9.84 Å². The Kier molecular flexibility index (Phi) is 6.43. The first-order valence-corrected chi connectivity index (χ1v) is 10.5. The Morgan fingerprint density at radius 3 is 2.54 bits per heavy atom. The van der Waals surface area contributed by atoms with Gasteiger partial charge in [-0.05, 0) is 72.9 Å². The predicted molar refractivity (Wildman–Crippen MR) is 114 cm³/mol. The molecule has 1 saturated carbocycles. The van der Waals surface area contributed by atoms with Crippen LogP contribution in [0.15, 0.2) is 30.3 Å². The molecule has 0 aliphatic heterocycles. The second-order valence-electron chi connectivity index (χ2n) is 8.19. The highest BCUT2D eigenvalue weighted by Crippen LogP contribution is 2.45. The van der Waals surface area contributed by atoms with Gasteiger partial charge in [0.1, 0.15) is 5.75 Å². The molecule has 3 nitrogen and oxygen atoms in total. The molecule has 0 bridgehead atoms. The average Bonchev–Trinajstić information content (AvgIpc) is 3.51. The number of carbonyl (C=O) groups is 1. The van der Waals surface area contributed by atoms with Gasteiger partial charge in [0.15, 0.2) is 0 Å². The molecule has 2 aromatic rings. The van der Waals surface area contributed by atoms with Crippen LogP contribution >= 0.6 is 0 Å². The zero-order valence-corrected chi connectivity index (χ0v) is 17.5. The molecule has 1 aliphatic carbocycles. The van der Waals surface area contributed by atoms with E-state index in [4.69, 9.17) is 4.74 Å². The van der Waals surface area contributed by atoms with Crippen molar-refractivity contribution in [3.8, 4) is 16.9 Å². The van der Waals surface area contributed by atoms with E-state index in [1.807, 2.05) is 13.0 Å². The molecule has 0 amide bonds. The minimum atomic E-state index is -0.333. The molecular formula is C25H32O3. The van der Waals surface area contributed by atoms with Crippen LogP contribution < -0.4 is 0 Å². The summed E-state index contributed by atoms with van der Waals surface area (Å²) >= 11 is 0. The highest BCUT2D eigenvalue weighted by molar-refractivity contribution is 5.85. The van der Waals surface area contributed by atoms with Crippen molar-refractivity contribution >= 4 is 5.97 Å². The molecule has 28 heavy (non-hydrogen) atoms. The van der Waals surface area contributed by atoms with Crippen molar-refractivity contribution in [3.05, 3.63) is 52.6 Å². The molecule has 1 atom stereocenters. The van der Waals surface area contributed by atoms with E-state index >= 15 is 0 Å². The Morgan fingerprint density at radius 2 is 1.89 bits per heavy atom. The lowest BCUT2D eigenvalue weighted by Gasteiger charge is -2.22. The highest BCUT2D eigenvalue weighted by atomic mass is 16.5. The Balaban J connectivity index is 2.13. The first-order valence-electron chi connectivity index (χ1n) is 10.5. The lowest BCUT2D eigenvalue weighted by Crippen LogP contribution is -2.17. The van der Waals surface area contributed by atoms with E-state index < -0.39 is 0 Å². The van der Waals surface area contributed by atoms with Crippen molar-refractivity contribution in [3.63, 3.8) is 0 Å². The fourth-order valence-electron chi connectivity index (χ4n) is 4.09. The molecule has 2 aromatic carbocycles. The zero-order valence-electron chi connectivity index (χ0n) is 17.5. The van der Waals surface area contributed by atoms with Crippen molar-refractivity contribution in [2.45, 2.75) is 65.2 Å². The summed E-state index contributed by atoms with van der Waals surface area (Å²) in [5, 5.41) is 10.8. The summed E-state index contributed by atoms with van der Waals surface area (Å²) in [5.41, 5.74) is 6.30. The van der Waals surface area contributed by atoms with E-state index in [9.17, 15) is 9.90 Å². The fourth-order valence-corrected chi connectivity index (χ4v) is 4.09. The van der Waals surface area contributed by atoms with Crippen LogP contribution in [-0.2, 0) is 16.0 Å². The van der Waals surface area contributed by atoms with Crippen LogP contribution in [0.3, 0.4) is 0 Å². The second kappa shape index (κ2) is 8.81. The number of phenolic OH excluding ortho intramolecular Hbond substituents is 1. The molecule has 3 rings (SSSR count). The standard InChI is InChI=1S/C25H32O3/c1-5-6-7-19-15-20(12-8-16(19)2)24-22(26)13-9-17(3)23(24)21(25(27)28-4)14-18-10-11-18/h8-9,12-13,15,18,21,26H,5-7,10-11,14H2,1-4H3. The summed E-state index contributed by atoms with van der Waals surface area (Å²) in [5.74, 6) is 0.271. The summed E-state index contributed by atoms with van der Waals surface area (Å²) < 4.78 is 5.16. The van der Waals surface area contributed by atoms with Crippen LogP contribution in [0.2, 0.25) is 0 Å². The number of hydrogen-bond acceptors (Lipinski definition) is 3. The number of rotatable bonds is 8. The predicted octanol–water partition coefficient (Wildman–Crippen LogP) is 6.08. The van der Waals surface area contributed by atoms with Crippen molar-refractivity contribution in [2.24, 2.45) is 5.92 Å². The first-order chi connectivity index (χ1) is 13.5. The van der Waals surface area contributed by atoms with Crippen LogP contribution in [0, 0.1) is 19.8 Å². The Morgan fingerprint density at radius 1 is 1.18 bits per heavy atom. The normalized spacial score (nSPS) is 14.7. The van der Waals surface area contributed by atoms with Gasteiger partial charge in [-0.3, -0.25) is 4.79 Å². The van der Waals surface area contributed by atoms with E-state index in [1.54, 1.807) is 6.07 Å². The molecule has 0 saturated heterocycles. The number of methoxy groups -OCH3 is 1. The van der Waals surface area contributed by atoms with Gasteiger partial charge in [-0.15, -0.1) is 0 Å². The van der Waals surface area contributed by atoms with Gasteiger partial charge in [0.05, 0.1) is 13.0 Å². The Hall–Kier alpha value is -2.29. The molecule has 0 spiro atoms. The van der Waals surface area contributed by atoms with E-state index in [0.29, 0.717) is 5.92 Å². The van der Waals surface area contributed by atoms with Gasteiger partial charge in [0.2, 0.25) is 0 Å². The van der Waals surface area contributed by atoms with Crippen LogP contribution in [0.4, 0.5) is 0 Å². The van der Waals surface area contributed by atoms with Gasteiger partial charge in [0.25, 0.3) is 0 Å². The first kappa shape index (κ1) is 20.4. The minimum Gasteiger partial charge on any atom is -0.507 e. The van der Waals surface area contributed by atoms with Crippen molar-refractivity contribution in [2.75, 3.05) is 7.11 Å². The molecule has 150 valence electrons. The molecule has 0 heterocycles. The summed E-state index contributed by atoms with van der Waals surface area (Å²) in [7, 11) is 1.45. The monoisotopic (exact) mass is 380 g/mol. The van der Waals surface area contributed by atoms with Crippen LogP contribution in [0.5, 0.6) is 5.75 Å². The number of phenols is 1. The fraction of sp³-hybridized carbons (Fsp3) is 0.480. The number of aromatic hydroxyl groups is 1. The van der Waals surface area contributed by atoms with E-state index in [-0.39, 0.29) is 17.6 Å². The SMILES string of the molecule is CCCCc1cc(-c2c(O)ccc(C)c2C(CC2CC2)C(=O)OC)ccc1C. The van der Waals surface area contributed by atoms with Crippen LogP contribution in [0.1, 0.15) is 67.2 Å². The maximum atomic E-state index is 12.7. The van der Waals surface area contributed by atoms with Crippen LogP contribution in [0.25, 0.3) is 11.1 Å². The maximum Gasteiger partial charge on any atom is 0.313 e. The molecule has 1 aliphatic rings.